The Labute approximate surface area is 405 Å². The van der Waals surface area contributed by atoms with E-state index in [9.17, 15) is 23.6 Å². The molecule has 1 unspecified atom stereocenters. The van der Waals surface area contributed by atoms with Crippen LogP contribution in [0.3, 0.4) is 0 Å². The lowest BCUT2D eigenvalue weighted by Gasteiger charge is -2.36. The highest BCUT2D eigenvalue weighted by molar-refractivity contribution is 6.33. The Kier molecular flexibility index (Phi) is 13.8. The van der Waals surface area contributed by atoms with E-state index in [0.29, 0.717) is 41.2 Å². The van der Waals surface area contributed by atoms with Crippen molar-refractivity contribution in [2.45, 2.75) is 127 Å². The average molecular weight is 961 g/mol. The number of aryl methyl sites for hydroxylation is 2. The quantitative estimate of drug-likeness (QED) is 0.0944. The molecule has 2 saturated carbocycles. The normalized spacial score (nSPS) is 21.1. The van der Waals surface area contributed by atoms with Crippen LogP contribution in [0.2, 0.25) is 5.02 Å². The standard InChI is InChI=1S/C51H59ClFN11O5/c1-60-45(22-32-8-9-32)41(26-55-60)47-43(52)27-54-50(59-47)57-37-10-12-38(13-11-37)63(29-33-6-3-2-4-7-33)51(68)69-31-34-25-56-62(28-34)19-5-18-61-20-16-35(17-21-61)39-23-36(53)24-40-42(39)30-64(49(40)67)44-14-15-46(65)58-48(44)66/h2-4,6-7,23-28,32,35,37-38,44H,5,8-22,29-31H2,1H3,(H,54,57,59)(H,58,65,66). The molecule has 69 heavy (non-hydrogen) atoms. The first-order valence-corrected chi connectivity index (χ1v) is 24.9. The molecule has 3 aliphatic heterocycles. The maximum atomic E-state index is 14.9. The van der Waals surface area contributed by atoms with Crippen molar-refractivity contribution in [1.82, 2.24) is 49.5 Å². The van der Waals surface area contributed by atoms with Crippen LogP contribution < -0.4 is 10.6 Å². The molecule has 16 nitrogen and oxygen atoms in total. The van der Waals surface area contributed by atoms with Gasteiger partial charge in [-0.25, -0.2) is 19.2 Å². The molecule has 10 rings (SSSR count). The Bertz CT molecular complexity index is 2690. The smallest absolute Gasteiger partial charge is 0.410 e. The van der Waals surface area contributed by atoms with Crippen molar-refractivity contribution in [1.29, 1.82) is 0 Å². The number of piperidine rings is 2. The maximum Gasteiger partial charge on any atom is 0.410 e. The van der Waals surface area contributed by atoms with Crippen molar-refractivity contribution in [3.8, 4) is 11.3 Å². The number of aromatic nitrogens is 6. The number of amides is 4. The van der Waals surface area contributed by atoms with Crippen molar-refractivity contribution < 1.29 is 28.3 Å². The molecule has 2 N–H and O–H groups in total. The van der Waals surface area contributed by atoms with Gasteiger partial charge in [-0.3, -0.25) is 29.1 Å². The van der Waals surface area contributed by atoms with Crippen molar-refractivity contribution in [2.75, 3.05) is 25.0 Å². The monoisotopic (exact) mass is 959 g/mol. The summed E-state index contributed by atoms with van der Waals surface area (Å²) in [5.74, 6) is -0.294. The van der Waals surface area contributed by atoms with Crippen LogP contribution in [0.1, 0.15) is 115 Å². The molecule has 4 fully saturated rings. The number of hydrogen-bond donors (Lipinski definition) is 2. The number of anilines is 1. The van der Waals surface area contributed by atoms with Crippen LogP contribution in [0.15, 0.2) is 67.3 Å². The molecule has 0 radical (unpaired) electrons. The van der Waals surface area contributed by atoms with Gasteiger partial charge in [-0.05, 0) is 131 Å². The Morgan fingerprint density at radius 3 is 2.49 bits per heavy atom. The molecule has 2 aromatic carbocycles. The molecule has 5 aromatic rings. The molecule has 2 saturated heterocycles. The minimum atomic E-state index is -0.737. The number of ether oxygens (including phenoxy) is 1. The summed E-state index contributed by atoms with van der Waals surface area (Å²) in [4.78, 5) is 66.8. The molecule has 18 heteroatoms. The van der Waals surface area contributed by atoms with Gasteiger partial charge in [0, 0.05) is 73.8 Å². The van der Waals surface area contributed by atoms with Crippen LogP contribution >= 0.6 is 11.6 Å². The van der Waals surface area contributed by atoms with E-state index in [4.69, 9.17) is 21.3 Å². The molecular formula is C51H59ClFN11O5. The van der Waals surface area contributed by atoms with Gasteiger partial charge in [-0.15, -0.1) is 0 Å². The van der Waals surface area contributed by atoms with Crippen molar-refractivity contribution in [3.05, 3.63) is 112 Å². The maximum absolute atomic E-state index is 14.9. The topological polar surface area (TPSA) is 173 Å². The van der Waals surface area contributed by atoms with Crippen LogP contribution in [0, 0.1) is 11.7 Å². The molecule has 4 amide bonds. The number of hydrogen-bond acceptors (Lipinski definition) is 11. The second-order valence-electron chi connectivity index (χ2n) is 19.5. The summed E-state index contributed by atoms with van der Waals surface area (Å²) in [5, 5.41) is 15.5. The number of carbonyl (C=O) groups is 4. The Morgan fingerprint density at radius 1 is 0.928 bits per heavy atom. The number of imide groups is 1. The highest BCUT2D eigenvalue weighted by Gasteiger charge is 2.41. The molecule has 362 valence electrons. The summed E-state index contributed by atoms with van der Waals surface area (Å²) in [7, 11) is 1.97. The lowest BCUT2D eigenvalue weighted by molar-refractivity contribution is -0.136. The summed E-state index contributed by atoms with van der Waals surface area (Å²) in [6.45, 7) is 4.05. The second-order valence-corrected chi connectivity index (χ2v) is 19.9. The average Bonchev–Trinajstić information content (AvgIpc) is 3.81. The highest BCUT2D eigenvalue weighted by Crippen LogP contribution is 2.39. The first kappa shape index (κ1) is 46.5. The van der Waals surface area contributed by atoms with Gasteiger partial charge in [-0.1, -0.05) is 41.9 Å². The summed E-state index contributed by atoms with van der Waals surface area (Å²) < 4.78 is 24.7. The zero-order chi connectivity index (χ0) is 47.6. The summed E-state index contributed by atoms with van der Waals surface area (Å²) in [6.07, 6.45) is 16.5. The van der Waals surface area contributed by atoms with Crippen molar-refractivity contribution >= 4 is 41.4 Å². The van der Waals surface area contributed by atoms with E-state index in [2.05, 4.69) is 30.7 Å². The predicted octanol–water partition coefficient (Wildman–Crippen LogP) is 7.41. The number of nitrogens with one attached hydrogen (secondary N) is 2. The number of likely N-dealkylation sites (tertiary alicyclic amines) is 1. The van der Waals surface area contributed by atoms with E-state index in [1.807, 2.05) is 64.0 Å². The second kappa shape index (κ2) is 20.4. The third-order valence-corrected chi connectivity index (χ3v) is 15.0. The molecular weight excluding hydrogens is 901 g/mol. The van der Waals surface area contributed by atoms with E-state index in [-0.39, 0.29) is 61.9 Å². The SMILES string of the molecule is Cn1ncc(-c2nc(NC3CCC(N(Cc4ccccc4)C(=O)OCc4cnn(CCCN5CCC(c6cc(F)cc7c6CN(C6CCC(=O)NC6=O)C7=O)CC5)c4)CC3)ncc2Cl)c1CC1CC1. The molecule has 0 spiro atoms. The minimum absolute atomic E-state index is 0.000150. The molecule has 2 aliphatic carbocycles. The van der Waals surface area contributed by atoms with Gasteiger partial charge < -0.3 is 24.8 Å². The third kappa shape index (κ3) is 10.7. The van der Waals surface area contributed by atoms with Crippen LogP contribution in [0.25, 0.3) is 11.3 Å². The van der Waals surface area contributed by atoms with Gasteiger partial charge in [0.1, 0.15) is 18.5 Å². The number of rotatable bonds is 16. The molecule has 5 aliphatic rings. The fourth-order valence-corrected chi connectivity index (χ4v) is 10.9. The molecule has 0 bridgehead atoms. The van der Waals surface area contributed by atoms with Gasteiger partial charge in [0.15, 0.2) is 0 Å². The third-order valence-electron chi connectivity index (χ3n) is 14.7. The summed E-state index contributed by atoms with van der Waals surface area (Å²) in [5.41, 5.74) is 6.61. The Hall–Kier alpha value is -6.20. The zero-order valence-electron chi connectivity index (χ0n) is 39.0. The number of fused-ring (bicyclic) bond motifs is 1. The van der Waals surface area contributed by atoms with E-state index < -0.39 is 17.8 Å². The lowest BCUT2D eigenvalue weighted by atomic mass is 9.85. The van der Waals surface area contributed by atoms with Crippen molar-refractivity contribution in [2.24, 2.45) is 13.0 Å². The van der Waals surface area contributed by atoms with Gasteiger partial charge in [0.2, 0.25) is 17.8 Å². The fourth-order valence-electron chi connectivity index (χ4n) is 10.7. The number of halogens is 2. The van der Waals surface area contributed by atoms with E-state index in [1.54, 1.807) is 18.5 Å². The lowest BCUT2D eigenvalue weighted by Crippen LogP contribution is -2.52. The first-order valence-electron chi connectivity index (χ1n) is 24.5. The molecule has 3 aromatic heterocycles. The number of benzene rings is 2. The van der Waals surface area contributed by atoms with Crippen LogP contribution in [-0.2, 0) is 54.0 Å². The van der Waals surface area contributed by atoms with Gasteiger partial charge >= 0.3 is 6.09 Å². The largest absolute Gasteiger partial charge is 0.444 e. The first-order chi connectivity index (χ1) is 33.5. The molecule has 1 atom stereocenters. The summed E-state index contributed by atoms with van der Waals surface area (Å²) >= 11 is 6.66. The van der Waals surface area contributed by atoms with E-state index in [1.165, 1.54) is 23.8 Å². The molecule has 6 heterocycles. The fraction of sp³-hybridized carbons (Fsp3) is 0.490. The van der Waals surface area contributed by atoms with Crippen LogP contribution in [-0.4, -0.2) is 106 Å². The van der Waals surface area contributed by atoms with Crippen LogP contribution in [0.4, 0.5) is 15.1 Å². The van der Waals surface area contributed by atoms with Gasteiger partial charge in [0.25, 0.3) is 5.91 Å². The van der Waals surface area contributed by atoms with Gasteiger partial charge in [-0.2, -0.15) is 10.2 Å². The van der Waals surface area contributed by atoms with Gasteiger partial charge in [0.05, 0.1) is 29.3 Å². The number of carbonyl (C=O) groups excluding carboxylic acids is 4. The number of nitrogens with zero attached hydrogens (tertiary/aromatic N) is 9. The minimum Gasteiger partial charge on any atom is -0.444 e. The predicted molar refractivity (Wildman–Crippen MR) is 255 cm³/mol. The van der Waals surface area contributed by atoms with E-state index in [0.717, 1.165) is 105 Å². The van der Waals surface area contributed by atoms with Crippen LogP contribution in [0.5, 0.6) is 0 Å². The Morgan fingerprint density at radius 2 is 1.72 bits per heavy atom. The highest BCUT2D eigenvalue weighted by atomic mass is 35.5. The Balaban J connectivity index is 0.691. The van der Waals surface area contributed by atoms with E-state index >= 15 is 0 Å². The summed E-state index contributed by atoms with van der Waals surface area (Å²) in [6, 6.07) is 12.3. The zero-order valence-corrected chi connectivity index (χ0v) is 39.8. The van der Waals surface area contributed by atoms with Crippen molar-refractivity contribution in [3.63, 3.8) is 0 Å².